The van der Waals surface area contributed by atoms with Gasteiger partial charge in [0.1, 0.15) is 17.3 Å². The first-order valence-corrected chi connectivity index (χ1v) is 10.7. The normalized spacial score (nSPS) is 11.7. The number of imidazole rings is 1. The molecule has 2 heterocycles. The van der Waals surface area contributed by atoms with E-state index in [4.69, 9.17) is 9.72 Å². The number of aromatic nitrogens is 3. The predicted octanol–water partition coefficient (Wildman–Crippen LogP) is 4.78. The molecule has 0 unspecified atom stereocenters. The lowest BCUT2D eigenvalue weighted by Gasteiger charge is -2.17. The summed E-state index contributed by atoms with van der Waals surface area (Å²) in [6, 6.07) is 13.7. The van der Waals surface area contributed by atoms with E-state index >= 15 is 0 Å². The van der Waals surface area contributed by atoms with E-state index in [1.54, 1.807) is 48.1 Å². The van der Waals surface area contributed by atoms with E-state index < -0.39 is 5.41 Å². The van der Waals surface area contributed by atoms with Crippen molar-refractivity contribution in [1.82, 2.24) is 14.0 Å². The molecule has 0 aliphatic heterocycles. The van der Waals surface area contributed by atoms with Crippen LogP contribution in [0, 0.1) is 12.7 Å². The van der Waals surface area contributed by atoms with Crippen LogP contribution in [-0.2, 0) is 12.0 Å². The number of aldehydes is 1. The van der Waals surface area contributed by atoms with Crippen LogP contribution in [0.5, 0.6) is 5.75 Å². The lowest BCUT2D eigenvalue weighted by Crippen LogP contribution is -2.25. The Bertz CT molecular complexity index is 1430. The van der Waals surface area contributed by atoms with Crippen LogP contribution in [0.1, 0.15) is 48.2 Å². The number of methoxy groups -OCH3 is 1. The van der Waals surface area contributed by atoms with Crippen LogP contribution >= 0.6 is 0 Å². The third kappa shape index (κ3) is 3.84. The minimum absolute atomic E-state index is 0.151. The average molecular weight is 448 g/mol. The fourth-order valence-electron chi connectivity index (χ4n) is 4.11. The van der Waals surface area contributed by atoms with Gasteiger partial charge in [-0.3, -0.25) is 9.59 Å². The first kappa shape index (κ1) is 22.5. The lowest BCUT2D eigenvalue weighted by molar-refractivity contribution is 0.111. The number of hydrogen-bond donors (Lipinski definition) is 0. The molecule has 0 aliphatic rings. The average Bonchev–Trinajstić information content (AvgIpc) is 3.18. The van der Waals surface area contributed by atoms with Crippen LogP contribution in [-0.4, -0.2) is 27.3 Å². The molecule has 0 amide bonds. The highest BCUT2D eigenvalue weighted by Crippen LogP contribution is 2.29. The molecular formula is C26H26FN3O3. The van der Waals surface area contributed by atoms with Crippen molar-refractivity contribution >= 4 is 12.1 Å². The number of hydrogen-bond acceptors (Lipinski definition) is 4. The second-order valence-electron chi connectivity index (χ2n) is 9.02. The van der Waals surface area contributed by atoms with E-state index in [1.807, 2.05) is 33.8 Å². The molecule has 0 aliphatic carbocycles. The van der Waals surface area contributed by atoms with E-state index in [1.165, 1.54) is 10.5 Å². The number of fused-ring (bicyclic) bond motifs is 1. The SMILES string of the molecule is COc1cccc(-c2c(C)n(Cc3ccccc3F)c3nc(C(C)(C)C)c(C=O)n3c2=O)c1. The van der Waals surface area contributed by atoms with Crippen molar-refractivity contribution < 1.29 is 13.9 Å². The monoisotopic (exact) mass is 447 g/mol. The summed E-state index contributed by atoms with van der Waals surface area (Å²) in [5.41, 5.74) is 2.00. The Kier molecular flexibility index (Phi) is 5.66. The van der Waals surface area contributed by atoms with E-state index in [-0.39, 0.29) is 23.6 Å². The molecule has 0 fully saturated rings. The molecule has 0 saturated carbocycles. The van der Waals surface area contributed by atoms with Crippen LogP contribution in [0.25, 0.3) is 16.9 Å². The maximum Gasteiger partial charge on any atom is 0.267 e. The van der Waals surface area contributed by atoms with E-state index in [2.05, 4.69) is 0 Å². The molecule has 6 nitrogen and oxygen atoms in total. The van der Waals surface area contributed by atoms with Gasteiger partial charge in [0.15, 0.2) is 6.29 Å². The van der Waals surface area contributed by atoms with Gasteiger partial charge in [-0.25, -0.2) is 13.8 Å². The molecule has 0 atom stereocenters. The van der Waals surface area contributed by atoms with Gasteiger partial charge < -0.3 is 9.30 Å². The van der Waals surface area contributed by atoms with Gasteiger partial charge in [0.25, 0.3) is 5.56 Å². The summed E-state index contributed by atoms with van der Waals surface area (Å²) < 4.78 is 23.1. The highest BCUT2D eigenvalue weighted by molar-refractivity contribution is 5.78. The molecule has 33 heavy (non-hydrogen) atoms. The molecule has 2 aromatic heterocycles. The number of carbonyl (C=O) groups is 1. The van der Waals surface area contributed by atoms with E-state index in [9.17, 15) is 14.0 Å². The highest BCUT2D eigenvalue weighted by atomic mass is 19.1. The summed E-state index contributed by atoms with van der Waals surface area (Å²) in [4.78, 5) is 30.7. The second-order valence-corrected chi connectivity index (χ2v) is 9.02. The summed E-state index contributed by atoms with van der Waals surface area (Å²) in [5.74, 6) is 0.554. The smallest absolute Gasteiger partial charge is 0.267 e. The Morgan fingerprint density at radius 1 is 1.12 bits per heavy atom. The molecule has 0 radical (unpaired) electrons. The lowest BCUT2D eigenvalue weighted by atomic mass is 9.91. The largest absolute Gasteiger partial charge is 0.497 e. The van der Waals surface area contributed by atoms with Gasteiger partial charge in [0.2, 0.25) is 5.78 Å². The zero-order valence-corrected chi connectivity index (χ0v) is 19.3. The maximum absolute atomic E-state index is 14.6. The van der Waals surface area contributed by atoms with Crippen LogP contribution < -0.4 is 10.3 Å². The van der Waals surface area contributed by atoms with Crippen LogP contribution in [0.4, 0.5) is 4.39 Å². The fourth-order valence-corrected chi connectivity index (χ4v) is 4.11. The van der Waals surface area contributed by atoms with Gasteiger partial charge in [-0.05, 0) is 30.7 Å². The zero-order valence-electron chi connectivity index (χ0n) is 19.3. The van der Waals surface area contributed by atoms with Crippen molar-refractivity contribution in [3.8, 4) is 16.9 Å². The van der Waals surface area contributed by atoms with Crippen molar-refractivity contribution in [3.05, 3.63) is 87.3 Å². The first-order valence-electron chi connectivity index (χ1n) is 10.7. The standard InChI is InChI=1S/C26H26FN3O3/c1-16-22(17-10-8-11-19(13-17)33-5)24(32)30-21(15-31)23(26(2,3)4)28-25(30)29(16)14-18-9-6-7-12-20(18)27/h6-13,15H,14H2,1-5H3. The molecule has 4 rings (SSSR count). The number of benzene rings is 2. The van der Waals surface area contributed by atoms with Gasteiger partial charge in [0.05, 0.1) is 24.9 Å². The second kappa shape index (κ2) is 8.31. The fraction of sp³-hybridized carbons (Fsp3) is 0.269. The Labute approximate surface area is 191 Å². The number of nitrogens with zero attached hydrogens (tertiary/aromatic N) is 3. The number of halogens is 1. The van der Waals surface area contributed by atoms with Gasteiger partial charge >= 0.3 is 0 Å². The molecule has 7 heteroatoms. The minimum Gasteiger partial charge on any atom is -0.497 e. The van der Waals surface area contributed by atoms with Crippen molar-refractivity contribution in [1.29, 1.82) is 0 Å². The summed E-state index contributed by atoms with van der Waals surface area (Å²) in [6.45, 7) is 7.76. The highest BCUT2D eigenvalue weighted by Gasteiger charge is 2.28. The van der Waals surface area contributed by atoms with Gasteiger partial charge in [-0.15, -0.1) is 0 Å². The zero-order chi connectivity index (χ0) is 23.9. The minimum atomic E-state index is -0.478. The molecule has 0 bridgehead atoms. The topological polar surface area (TPSA) is 65.6 Å². The Balaban J connectivity index is 2.14. The van der Waals surface area contributed by atoms with Gasteiger partial charge in [-0.1, -0.05) is 51.1 Å². The molecule has 0 N–H and O–H groups in total. The Morgan fingerprint density at radius 3 is 2.48 bits per heavy atom. The van der Waals surface area contributed by atoms with Crippen LogP contribution in [0.3, 0.4) is 0 Å². The maximum atomic E-state index is 14.6. The van der Waals surface area contributed by atoms with Gasteiger partial charge in [0, 0.05) is 16.7 Å². The Morgan fingerprint density at radius 2 is 1.85 bits per heavy atom. The van der Waals surface area contributed by atoms with E-state index in [0.29, 0.717) is 45.9 Å². The molecule has 0 saturated heterocycles. The molecular weight excluding hydrogens is 421 g/mol. The number of ether oxygens (including phenoxy) is 1. The van der Waals surface area contributed by atoms with Crippen molar-refractivity contribution in [3.63, 3.8) is 0 Å². The third-order valence-electron chi connectivity index (χ3n) is 5.79. The van der Waals surface area contributed by atoms with E-state index in [0.717, 1.165) is 0 Å². The summed E-state index contributed by atoms with van der Waals surface area (Å²) in [5, 5.41) is 0. The Hall–Kier alpha value is -3.74. The van der Waals surface area contributed by atoms with Gasteiger partial charge in [-0.2, -0.15) is 0 Å². The predicted molar refractivity (Wildman–Crippen MR) is 126 cm³/mol. The number of rotatable bonds is 5. The van der Waals surface area contributed by atoms with Crippen LogP contribution in [0.2, 0.25) is 0 Å². The summed E-state index contributed by atoms with van der Waals surface area (Å²) in [7, 11) is 1.56. The molecule has 2 aromatic carbocycles. The first-order chi connectivity index (χ1) is 15.7. The van der Waals surface area contributed by atoms with Crippen molar-refractivity contribution in [2.75, 3.05) is 7.11 Å². The van der Waals surface area contributed by atoms with Crippen LogP contribution in [0.15, 0.2) is 53.3 Å². The molecule has 170 valence electrons. The quantitative estimate of drug-likeness (QED) is 0.413. The summed E-state index contributed by atoms with van der Waals surface area (Å²) >= 11 is 0. The van der Waals surface area contributed by atoms with Crippen molar-refractivity contribution in [2.24, 2.45) is 0 Å². The summed E-state index contributed by atoms with van der Waals surface area (Å²) in [6.07, 6.45) is 0.667. The third-order valence-corrected chi connectivity index (χ3v) is 5.79. The number of carbonyl (C=O) groups excluding carboxylic acids is 1. The van der Waals surface area contributed by atoms with Crippen molar-refractivity contribution in [2.45, 2.75) is 39.7 Å². The molecule has 0 spiro atoms. The molecule has 4 aromatic rings.